The second-order valence-electron chi connectivity index (χ2n) is 7.18. The number of amides is 1. The number of nitrogens with one attached hydrogen (secondary N) is 1. The van der Waals surface area contributed by atoms with E-state index in [9.17, 15) is 4.79 Å². The summed E-state index contributed by atoms with van der Waals surface area (Å²) in [5.74, 6) is 1.30. The summed E-state index contributed by atoms with van der Waals surface area (Å²) in [6, 6.07) is 15.6. The van der Waals surface area contributed by atoms with Gasteiger partial charge in [-0.1, -0.05) is 30.3 Å². The molecule has 1 fully saturated rings. The van der Waals surface area contributed by atoms with Crippen LogP contribution < -0.4 is 15.8 Å². The lowest BCUT2D eigenvalue weighted by Crippen LogP contribution is -2.40. The van der Waals surface area contributed by atoms with Crippen LogP contribution in [0.15, 0.2) is 53.5 Å². The first kappa shape index (κ1) is 19.3. The van der Waals surface area contributed by atoms with Crippen LogP contribution in [0.4, 0.5) is 0 Å². The van der Waals surface area contributed by atoms with Crippen molar-refractivity contribution < 1.29 is 14.3 Å². The molecular formula is C22H26N4O3. The van der Waals surface area contributed by atoms with E-state index in [1.54, 1.807) is 0 Å². The molecule has 0 radical (unpaired) electrons. The Morgan fingerprint density at radius 2 is 1.97 bits per heavy atom. The number of hydrogen-bond acceptors (Lipinski definition) is 4. The number of benzene rings is 2. The van der Waals surface area contributed by atoms with Gasteiger partial charge >= 0.3 is 0 Å². The summed E-state index contributed by atoms with van der Waals surface area (Å²) in [6.45, 7) is 3.50. The van der Waals surface area contributed by atoms with E-state index >= 15 is 0 Å². The van der Waals surface area contributed by atoms with Crippen molar-refractivity contribution >= 4 is 11.9 Å². The largest absolute Gasteiger partial charge is 0.493 e. The van der Waals surface area contributed by atoms with Gasteiger partial charge in [-0.05, 0) is 23.8 Å². The van der Waals surface area contributed by atoms with Crippen LogP contribution in [0.5, 0.6) is 5.75 Å². The maximum absolute atomic E-state index is 12.7. The van der Waals surface area contributed by atoms with Gasteiger partial charge in [0.15, 0.2) is 5.96 Å². The van der Waals surface area contributed by atoms with Crippen molar-refractivity contribution in [3.05, 3.63) is 65.2 Å². The summed E-state index contributed by atoms with van der Waals surface area (Å²) in [6.07, 6.45) is 0.830. The third-order valence-electron chi connectivity index (χ3n) is 5.18. The molecule has 0 spiro atoms. The number of fused-ring (bicyclic) bond motifs is 1. The lowest BCUT2D eigenvalue weighted by molar-refractivity contribution is 0.0303. The summed E-state index contributed by atoms with van der Waals surface area (Å²) in [7, 11) is 0. The molecule has 2 aromatic carbocycles. The highest BCUT2D eigenvalue weighted by molar-refractivity contribution is 5.94. The quantitative estimate of drug-likeness (QED) is 0.612. The first-order chi connectivity index (χ1) is 14.2. The number of hydrogen-bond donors (Lipinski definition) is 2. The van der Waals surface area contributed by atoms with Gasteiger partial charge in [-0.15, -0.1) is 0 Å². The van der Waals surface area contributed by atoms with Crippen LogP contribution >= 0.6 is 0 Å². The molecule has 1 amide bonds. The van der Waals surface area contributed by atoms with Gasteiger partial charge < -0.3 is 25.4 Å². The molecule has 7 nitrogen and oxygen atoms in total. The highest BCUT2D eigenvalue weighted by Gasteiger charge is 2.21. The van der Waals surface area contributed by atoms with Crippen LogP contribution in [0.25, 0.3) is 0 Å². The second-order valence-corrected chi connectivity index (χ2v) is 7.18. The third-order valence-corrected chi connectivity index (χ3v) is 5.18. The van der Waals surface area contributed by atoms with Crippen molar-refractivity contribution in [3.63, 3.8) is 0 Å². The first-order valence-electron chi connectivity index (χ1n) is 9.95. The predicted octanol–water partition coefficient (Wildman–Crippen LogP) is 2.09. The molecule has 1 unspecified atom stereocenters. The van der Waals surface area contributed by atoms with Crippen LogP contribution in [-0.4, -0.2) is 49.7 Å². The molecule has 1 atom stereocenters. The maximum Gasteiger partial charge on any atom is 0.254 e. The number of guanidine groups is 1. The minimum atomic E-state index is 0.0315. The van der Waals surface area contributed by atoms with Crippen molar-refractivity contribution in [2.24, 2.45) is 10.7 Å². The monoisotopic (exact) mass is 394 g/mol. The van der Waals surface area contributed by atoms with Gasteiger partial charge in [-0.25, -0.2) is 4.99 Å². The van der Waals surface area contributed by atoms with Crippen LogP contribution in [0.3, 0.4) is 0 Å². The fraction of sp³-hybridized carbons (Fsp3) is 0.364. The van der Waals surface area contributed by atoms with Gasteiger partial charge in [0.05, 0.1) is 32.4 Å². The molecule has 0 aromatic heterocycles. The zero-order chi connectivity index (χ0) is 20.1. The van der Waals surface area contributed by atoms with Crippen molar-refractivity contribution in [2.45, 2.75) is 19.0 Å². The molecule has 2 aliphatic rings. The number of carbonyl (C=O) groups excluding carboxylic acids is 1. The molecule has 1 saturated heterocycles. The third kappa shape index (κ3) is 4.68. The SMILES string of the molecule is NC(=NCc1cccc(C(=O)N2CCOCC2)c1)NC1CCOc2ccccc21. The number of morpholine rings is 1. The first-order valence-corrected chi connectivity index (χ1v) is 9.95. The molecule has 2 aromatic rings. The molecule has 0 saturated carbocycles. The van der Waals surface area contributed by atoms with E-state index in [0.29, 0.717) is 51.0 Å². The fourth-order valence-electron chi connectivity index (χ4n) is 3.64. The van der Waals surface area contributed by atoms with Gasteiger partial charge in [0.2, 0.25) is 0 Å². The van der Waals surface area contributed by atoms with Gasteiger partial charge in [-0.3, -0.25) is 4.79 Å². The van der Waals surface area contributed by atoms with E-state index in [1.165, 1.54) is 0 Å². The molecule has 3 N–H and O–H groups in total. The topological polar surface area (TPSA) is 89.2 Å². The van der Waals surface area contributed by atoms with E-state index in [2.05, 4.69) is 10.3 Å². The number of para-hydroxylation sites is 1. The average Bonchev–Trinajstić information content (AvgIpc) is 2.78. The Balaban J connectivity index is 1.39. The van der Waals surface area contributed by atoms with Gasteiger partial charge in [0.1, 0.15) is 5.75 Å². The number of nitrogens with zero attached hydrogens (tertiary/aromatic N) is 2. The van der Waals surface area contributed by atoms with Gasteiger partial charge in [0, 0.05) is 30.6 Å². The summed E-state index contributed by atoms with van der Waals surface area (Å²) in [5, 5.41) is 3.29. The number of aliphatic imine (C=N–C) groups is 1. The summed E-state index contributed by atoms with van der Waals surface area (Å²) >= 11 is 0. The van der Waals surface area contributed by atoms with Crippen molar-refractivity contribution in [1.82, 2.24) is 10.2 Å². The Hall–Kier alpha value is -3.06. The minimum absolute atomic E-state index is 0.0315. The van der Waals surface area contributed by atoms with Gasteiger partial charge in [0.25, 0.3) is 5.91 Å². The maximum atomic E-state index is 12.7. The zero-order valence-corrected chi connectivity index (χ0v) is 16.3. The summed E-state index contributed by atoms with van der Waals surface area (Å²) < 4.78 is 11.0. The standard InChI is InChI=1S/C22H26N4O3/c23-22(25-19-8-11-29-20-7-2-1-6-18(19)20)24-15-16-4-3-5-17(14-16)21(27)26-9-12-28-13-10-26/h1-7,14,19H,8-13,15H2,(H3,23,24,25). The number of ether oxygens (including phenoxy) is 2. The average molecular weight is 394 g/mol. The number of rotatable bonds is 4. The molecule has 4 rings (SSSR count). The summed E-state index contributed by atoms with van der Waals surface area (Å²) in [5.41, 5.74) is 8.84. The Kier molecular flexibility index (Phi) is 5.95. The van der Waals surface area contributed by atoms with E-state index < -0.39 is 0 Å². The van der Waals surface area contributed by atoms with Crippen molar-refractivity contribution in [3.8, 4) is 5.75 Å². The van der Waals surface area contributed by atoms with E-state index in [-0.39, 0.29) is 11.9 Å². The summed E-state index contributed by atoms with van der Waals surface area (Å²) in [4.78, 5) is 19.0. The molecule has 7 heteroatoms. The van der Waals surface area contributed by atoms with Crippen LogP contribution in [0, 0.1) is 0 Å². The van der Waals surface area contributed by atoms with Crippen LogP contribution in [-0.2, 0) is 11.3 Å². The molecule has 2 aliphatic heterocycles. The Bertz CT molecular complexity index is 893. The highest BCUT2D eigenvalue weighted by Crippen LogP contribution is 2.31. The van der Waals surface area contributed by atoms with E-state index in [1.807, 2.05) is 53.4 Å². The molecule has 0 aliphatic carbocycles. The smallest absolute Gasteiger partial charge is 0.254 e. The Morgan fingerprint density at radius 3 is 2.83 bits per heavy atom. The van der Waals surface area contributed by atoms with Crippen molar-refractivity contribution in [2.75, 3.05) is 32.9 Å². The molecule has 152 valence electrons. The molecular weight excluding hydrogens is 368 g/mol. The van der Waals surface area contributed by atoms with E-state index in [0.717, 1.165) is 23.3 Å². The van der Waals surface area contributed by atoms with Crippen LogP contribution in [0.1, 0.15) is 33.9 Å². The van der Waals surface area contributed by atoms with Crippen LogP contribution in [0.2, 0.25) is 0 Å². The van der Waals surface area contributed by atoms with Crippen molar-refractivity contribution in [1.29, 1.82) is 0 Å². The fourth-order valence-corrected chi connectivity index (χ4v) is 3.64. The zero-order valence-electron chi connectivity index (χ0n) is 16.3. The second kappa shape index (κ2) is 8.96. The number of carbonyl (C=O) groups is 1. The molecule has 29 heavy (non-hydrogen) atoms. The lowest BCUT2D eigenvalue weighted by Gasteiger charge is -2.27. The molecule has 2 heterocycles. The highest BCUT2D eigenvalue weighted by atomic mass is 16.5. The van der Waals surface area contributed by atoms with E-state index in [4.69, 9.17) is 15.2 Å². The number of nitrogens with two attached hydrogens (primary N) is 1. The molecule has 0 bridgehead atoms. The lowest BCUT2D eigenvalue weighted by atomic mass is 10.0. The Labute approximate surface area is 170 Å². The predicted molar refractivity (Wildman–Crippen MR) is 111 cm³/mol. The normalized spacial score (nSPS) is 19.2. The Morgan fingerprint density at radius 1 is 1.14 bits per heavy atom. The van der Waals surface area contributed by atoms with Gasteiger partial charge in [-0.2, -0.15) is 0 Å². The minimum Gasteiger partial charge on any atom is -0.493 e.